The quantitative estimate of drug-likeness (QED) is 0.352. The predicted molar refractivity (Wildman–Crippen MR) is 122 cm³/mol. The standard InChI is InChI=1S/C23H18N4S2/c28-23-26-25-22(27(23)13-12-16-7-2-1-3-8-16)18-15-20(21-11-6-14-29-21)24-19-10-5-4-9-17(18)19/h1-11,14-15H,12-13H2,(H,26,28). The van der Waals surface area contributed by atoms with Crippen molar-refractivity contribution < 1.29 is 0 Å². The summed E-state index contributed by atoms with van der Waals surface area (Å²) in [5.74, 6) is 0.849. The zero-order chi connectivity index (χ0) is 19.6. The van der Waals surface area contributed by atoms with Crippen LogP contribution in [0.25, 0.3) is 32.9 Å². The van der Waals surface area contributed by atoms with Crippen LogP contribution in [0.4, 0.5) is 0 Å². The third-order valence-electron chi connectivity index (χ3n) is 4.96. The Bertz CT molecular complexity index is 1320. The van der Waals surface area contributed by atoms with Crippen molar-refractivity contribution in [2.75, 3.05) is 0 Å². The molecule has 0 atom stereocenters. The van der Waals surface area contributed by atoms with Gasteiger partial charge in [0.05, 0.1) is 16.1 Å². The summed E-state index contributed by atoms with van der Waals surface area (Å²) in [6, 6.07) is 24.9. The van der Waals surface area contributed by atoms with Gasteiger partial charge in [0.15, 0.2) is 10.6 Å². The van der Waals surface area contributed by atoms with Gasteiger partial charge in [-0.1, -0.05) is 54.6 Å². The molecule has 0 fully saturated rings. The van der Waals surface area contributed by atoms with E-state index in [2.05, 4.69) is 62.6 Å². The van der Waals surface area contributed by atoms with Gasteiger partial charge in [-0.3, -0.25) is 9.67 Å². The maximum Gasteiger partial charge on any atom is 0.195 e. The Balaban J connectivity index is 1.63. The lowest BCUT2D eigenvalue weighted by atomic mass is 10.1. The molecule has 0 aliphatic heterocycles. The maximum atomic E-state index is 5.55. The van der Waals surface area contributed by atoms with Crippen molar-refractivity contribution in [3.63, 3.8) is 0 Å². The number of aromatic nitrogens is 4. The summed E-state index contributed by atoms with van der Waals surface area (Å²) in [7, 11) is 0. The fourth-order valence-electron chi connectivity index (χ4n) is 3.53. The highest BCUT2D eigenvalue weighted by molar-refractivity contribution is 7.71. The number of hydrogen-bond acceptors (Lipinski definition) is 4. The first-order valence-electron chi connectivity index (χ1n) is 9.43. The lowest BCUT2D eigenvalue weighted by Gasteiger charge is -2.11. The molecular formula is C23H18N4S2. The number of H-pyrrole nitrogens is 1. The SMILES string of the molecule is S=c1[nH]nc(-c2cc(-c3cccs3)nc3ccccc23)n1CCc1ccccc1. The smallest absolute Gasteiger partial charge is 0.195 e. The van der Waals surface area contributed by atoms with E-state index in [1.807, 2.05) is 30.3 Å². The Morgan fingerprint density at radius 3 is 2.62 bits per heavy atom. The van der Waals surface area contributed by atoms with E-state index in [1.54, 1.807) is 11.3 Å². The number of para-hydroxylation sites is 1. The fraction of sp³-hybridized carbons (Fsp3) is 0.0870. The monoisotopic (exact) mass is 414 g/mol. The van der Waals surface area contributed by atoms with Crippen LogP contribution in [0, 0.1) is 4.77 Å². The second kappa shape index (κ2) is 7.73. The largest absolute Gasteiger partial charge is 0.300 e. The molecule has 0 spiro atoms. The van der Waals surface area contributed by atoms with Crippen LogP contribution >= 0.6 is 23.6 Å². The maximum absolute atomic E-state index is 5.55. The van der Waals surface area contributed by atoms with Crippen molar-refractivity contribution >= 4 is 34.5 Å². The van der Waals surface area contributed by atoms with E-state index in [-0.39, 0.29) is 0 Å². The summed E-state index contributed by atoms with van der Waals surface area (Å²) in [6.07, 6.45) is 0.891. The summed E-state index contributed by atoms with van der Waals surface area (Å²) in [6.45, 7) is 0.764. The van der Waals surface area contributed by atoms with Crippen LogP contribution in [-0.2, 0) is 13.0 Å². The average Bonchev–Trinajstić information content (AvgIpc) is 3.42. The first-order valence-corrected chi connectivity index (χ1v) is 10.7. The van der Waals surface area contributed by atoms with Crippen molar-refractivity contribution in [3.05, 3.63) is 88.5 Å². The summed E-state index contributed by atoms with van der Waals surface area (Å²) in [5.41, 5.74) is 4.23. The van der Waals surface area contributed by atoms with Gasteiger partial charge in [-0.15, -0.1) is 11.3 Å². The van der Waals surface area contributed by atoms with Gasteiger partial charge in [-0.05, 0) is 47.8 Å². The van der Waals surface area contributed by atoms with Crippen LogP contribution in [0.2, 0.25) is 0 Å². The second-order valence-electron chi connectivity index (χ2n) is 6.79. The van der Waals surface area contributed by atoms with Crippen LogP contribution in [-0.4, -0.2) is 19.7 Å². The van der Waals surface area contributed by atoms with Gasteiger partial charge in [0.1, 0.15) is 0 Å². The average molecular weight is 415 g/mol. The van der Waals surface area contributed by atoms with Crippen LogP contribution in [0.1, 0.15) is 5.56 Å². The Morgan fingerprint density at radius 1 is 0.966 bits per heavy atom. The third kappa shape index (κ3) is 3.52. The zero-order valence-electron chi connectivity index (χ0n) is 15.6. The van der Waals surface area contributed by atoms with Gasteiger partial charge in [0.25, 0.3) is 0 Å². The van der Waals surface area contributed by atoms with Crippen LogP contribution < -0.4 is 0 Å². The molecule has 0 bridgehead atoms. The number of nitrogens with one attached hydrogen (secondary N) is 1. The van der Waals surface area contributed by atoms with Gasteiger partial charge >= 0.3 is 0 Å². The highest BCUT2D eigenvalue weighted by Gasteiger charge is 2.15. The molecule has 0 saturated carbocycles. The molecule has 5 aromatic rings. The number of rotatable bonds is 5. The topological polar surface area (TPSA) is 46.5 Å². The van der Waals surface area contributed by atoms with Gasteiger partial charge < -0.3 is 0 Å². The van der Waals surface area contributed by atoms with E-state index < -0.39 is 0 Å². The van der Waals surface area contributed by atoms with Crippen LogP contribution in [0.3, 0.4) is 0 Å². The Morgan fingerprint density at radius 2 is 1.79 bits per heavy atom. The van der Waals surface area contributed by atoms with Gasteiger partial charge in [-0.25, -0.2) is 4.98 Å². The molecule has 3 aromatic heterocycles. The molecule has 0 aliphatic rings. The lowest BCUT2D eigenvalue weighted by Crippen LogP contribution is -2.04. The molecule has 6 heteroatoms. The number of benzene rings is 2. The van der Waals surface area contributed by atoms with E-state index in [0.717, 1.165) is 45.8 Å². The summed E-state index contributed by atoms with van der Waals surface area (Å²) in [5, 5.41) is 10.7. The second-order valence-corrected chi connectivity index (χ2v) is 8.12. The molecule has 142 valence electrons. The zero-order valence-corrected chi connectivity index (χ0v) is 17.2. The molecule has 1 N–H and O–H groups in total. The normalized spacial score (nSPS) is 11.2. The molecule has 0 amide bonds. The Kier molecular flexibility index (Phi) is 4.79. The van der Waals surface area contributed by atoms with Crippen molar-refractivity contribution in [3.8, 4) is 22.0 Å². The van der Waals surface area contributed by atoms with E-state index in [4.69, 9.17) is 17.2 Å². The van der Waals surface area contributed by atoms with Gasteiger partial charge in [0.2, 0.25) is 0 Å². The molecule has 0 saturated heterocycles. The number of thiophene rings is 1. The summed E-state index contributed by atoms with van der Waals surface area (Å²) < 4.78 is 2.72. The molecule has 0 radical (unpaired) electrons. The lowest BCUT2D eigenvalue weighted by molar-refractivity contribution is 0.692. The van der Waals surface area contributed by atoms with Crippen molar-refractivity contribution in [1.82, 2.24) is 19.7 Å². The van der Waals surface area contributed by atoms with Crippen molar-refractivity contribution in [2.24, 2.45) is 0 Å². The number of fused-ring (bicyclic) bond motifs is 1. The first kappa shape index (κ1) is 18.0. The van der Waals surface area contributed by atoms with Gasteiger partial charge in [-0.2, -0.15) is 5.10 Å². The molecule has 3 heterocycles. The molecule has 0 aliphatic carbocycles. The number of aryl methyl sites for hydroxylation is 1. The third-order valence-corrected chi connectivity index (χ3v) is 6.16. The Labute approximate surface area is 177 Å². The fourth-order valence-corrected chi connectivity index (χ4v) is 4.44. The minimum Gasteiger partial charge on any atom is -0.300 e. The van der Waals surface area contributed by atoms with Gasteiger partial charge in [0, 0.05) is 17.5 Å². The van der Waals surface area contributed by atoms with E-state index in [0.29, 0.717) is 4.77 Å². The van der Waals surface area contributed by atoms with Crippen molar-refractivity contribution in [1.29, 1.82) is 0 Å². The highest BCUT2D eigenvalue weighted by atomic mass is 32.1. The molecule has 29 heavy (non-hydrogen) atoms. The van der Waals surface area contributed by atoms with Crippen LogP contribution in [0.5, 0.6) is 0 Å². The van der Waals surface area contributed by atoms with Crippen LogP contribution in [0.15, 0.2) is 78.2 Å². The van der Waals surface area contributed by atoms with E-state index >= 15 is 0 Å². The molecule has 5 rings (SSSR count). The minimum absolute atomic E-state index is 0.634. The molecule has 2 aromatic carbocycles. The number of nitrogens with zero attached hydrogens (tertiary/aromatic N) is 3. The first-order chi connectivity index (χ1) is 14.3. The minimum atomic E-state index is 0.634. The summed E-state index contributed by atoms with van der Waals surface area (Å²) in [4.78, 5) is 6.01. The number of hydrogen-bond donors (Lipinski definition) is 1. The van der Waals surface area contributed by atoms with Crippen molar-refractivity contribution in [2.45, 2.75) is 13.0 Å². The van der Waals surface area contributed by atoms with E-state index in [1.165, 1.54) is 5.56 Å². The highest BCUT2D eigenvalue weighted by Crippen LogP contribution is 2.32. The molecule has 0 unspecified atom stereocenters. The van der Waals surface area contributed by atoms with E-state index in [9.17, 15) is 0 Å². The number of pyridine rings is 1. The Hall–Kier alpha value is -3.09. The number of aromatic amines is 1. The predicted octanol–water partition coefficient (Wildman–Crippen LogP) is 6.13. The summed E-state index contributed by atoms with van der Waals surface area (Å²) >= 11 is 7.24. The molecule has 4 nitrogen and oxygen atoms in total. The molecular weight excluding hydrogens is 396 g/mol.